The number of thioether (sulfide) groups is 1. The van der Waals surface area contributed by atoms with E-state index >= 15 is 0 Å². The molecule has 2 N–H and O–H groups in total. The molecule has 0 radical (unpaired) electrons. The number of pyridine rings is 2. The van der Waals surface area contributed by atoms with Crippen molar-refractivity contribution < 1.29 is 14.3 Å². The average molecular weight is 492 g/mol. The van der Waals surface area contributed by atoms with Gasteiger partial charge in [0, 0.05) is 6.07 Å². The molecule has 2 aromatic heterocycles. The highest BCUT2D eigenvalue weighted by Crippen LogP contribution is 2.38. The minimum absolute atomic E-state index is 0.0219. The zero-order valence-corrected chi connectivity index (χ0v) is 20.0. The van der Waals surface area contributed by atoms with Crippen LogP contribution in [0.2, 0.25) is 0 Å². The van der Waals surface area contributed by atoms with Gasteiger partial charge in [-0.1, -0.05) is 18.2 Å². The molecule has 5 heterocycles. The maximum absolute atomic E-state index is 12.5. The third kappa shape index (κ3) is 3.86. The molecule has 10 heteroatoms. The van der Waals surface area contributed by atoms with E-state index in [1.165, 1.54) is 16.7 Å². The zero-order valence-electron chi connectivity index (χ0n) is 19.2. The van der Waals surface area contributed by atoms with E-state index in [-0.39, 0.29) is 29.7 Å². The van der Waals surface area contributed by atoms with Crippen LogP contribution in [0.15, 0.2) is 52.2 Å². The number of anilines is 2. The highest BCUT2D eigenvalue weighted by molar-refractivity contribution is 8.00. The number of carbonyl (C=O) groups excluding carboxylic acids is 2. The van der Waals surface area contributed by atoms with E-state index in [9.17, 15) is 14.4 Å². The fourth-order valence-corrected chi connectivity index (χ4v) is 6.00. The SMILES string of the molecule is C[C@H]1[C@H](NCCC[C@H]2CN(c3ccc4c(n3)NC(=O)CS4)C(=O)O2)c2cccc3ccc(=O)n1c23. The lowest BCUT2D eigenvalue weighted by Gasteiger charge is -2.20. The van der Waals surface area contributed by atoms with E-state index in [4.69, 9.17) is 4.74 Å². The summed E-state index contributed by atoms with van der Waals surface area (Å²) in [5.74, 6) is 1.24. The van der Waals surface area contributed by atoms with Crippen molar-refractivity contribution in [2.24, 2.45) is 0 Å². The Morgan fingerprint density at radius 3 is 2.94 bits per heavy atom. The molecule has 0 unspecified atom stereocenters. The summed E-state index contributed by atoms with van der Waals surface area (Å²) in [6, 6.07) is 13.4. The van der Waals surface area contributed by atoms with Gasteiger partial charge in [0.2, 0.25) is 5.91 Å². The quantitative estimate of drug-likeness (QED) is 0.509. The lowest BCUT2D eigenvalue weighted by Crippen LogP contribution is -2.29. The molecular weight excluding hydrogens is 466 g/mol. The molecule has 1 saturated heterocycles. The van der Waals surface area contributed by atoms with Gasteiger partial charge in [-0.2, -0.15) is 0 Å². The van der Waals surface area contributed by atoms with Crippen molar-refractivity contribution in [2.45, 2.75) is 42.8 Å². The number of cyclic esters (lactones) is 1. The Morgan fingerprint density at radius 2 is 2.06 bits per heavy atom. The van der Waals surface area contributed by atoms with Crippen LogP contribution in [0.1, 0.15) is 37.4 Å². The lowest BCUT2D eigenvalue weighted by molar-refractivity contribution is -0.113. The predicted molar refractivity (Wildman–Crippen MR) is 134 cm³/mol. The second kappa shape index (κ2) is 8.69. The largest absolute Gasteiger partial charge is 0.444 e. The molecule has 0 bridgehead atoms. The highest BCUT2D eigenvalue weighted by atomic mass is 32.2. The first-order valence-electron chi connectivity index (χ1n) is 11.8. The second-order valence-electron chi connectivity index (χ2n) is 9.11. The molecule has 1 aromatic carbocycles. The number of aromatic nitrogens is 2. The molecule has 180 valence electrons. The van der Waals surface area contributed by atoms with Gasteiger partial charge in [0.1, 0.15) is 17.7 Å². The predicted octanol–water partition coefficient (Wildman–Crippen LogP) is 3.45. The van der Waals surface area contributed by atoms with Crippen LogP contribution >= 0.6 is 11.8 Å². The summed E-state index contributed by atoms with van der Waals surface area (Å²) in [5, 5.41) is 7.45. The number of carbonyl (C=O) groups is 2. The van der Waals surface area contributed by atoms with Gasteiger partial charge >= 0.3 is 6.09 Å². The van der Waals surface area contributed by atoms with Crippen molar-refractivity contribution in [3.8, 4) is 0 Å². The Bertz CT molecular complexity index is 1410. The summed E-state index contributed by atoms with van der Waals surface area (Å²) in [4.78, 5) is 43.5. The first-order valence-corrected chi connectivity index (χ1v) is 12.8. The number of amides is 2. The van der Waals surface area contributed by atoms with Gasteiger partial charge in [-0.3, -0.25) is 14.5 Å². The van der Waals surface area contributed by atoms with E-state index in [0.29, 0.717) is 30.4 Å². The molecule has 3 aromatic rings. The number of para-hydroxylation sites is 1. The summed E-state index contributed by atoms with van der Waals surface area (Å²) in [7, 11) is 0. The number of ether oxygens (including phenoxy) is 1. The van der Waals surface area contributed by atoms with Gasteiger partial charge in [0.05, 0.1) is 34.8 Å². The van der Waals surface area contributed by atoms with Crippen LogP contribution in [0.25, 0.3) is 10.9 Å². The van der Waals surface area contributed by atoms with Crippen LogP contribution in [0.3, 0.4) is 0 Å². The minimum Gasteiger partial charge on any atom is -0.444 e. The number of nitrogens with one attached hydrogen (secondary N) is 2. The molecule has 0 spiro atoms. The first kappa shape index (κ1) is 22.1. The maximum Gasteiger partial charge on any atom is 0.415 e. The molecule has 2 amide bonds. The number of nitrogens with zero attached hydrogens (tertiary/aromatic N) is 3. The smallest absolute Gasteiger partial charge is 0.415 e. The molecule has 3 aliphatic heterocycles. The molecular formula is C25H25N5O4S. The normalized spacial score (nSPS) is 22.9. The third-order valence-corrected chi connectivity index (χ3v) is 7.93. The third-order valence-electron chi connectivity index (χ3n) is 6.88. The van der Waals surface area contributed by atoms with Gasteiger partial charge in [-0.15, -0.1) is 11.8 Å². The Kier molecular flexibility index (Phi) is 5.49. The topological polar surface area (TPSA) is 106 Å². The summed E-state index contributed by atoms with van der Waals surface area (Å²) in [6.07, 6.45) is 0.886. The Labute approximate surface area is 205 Å². The Morgan fingerprint density at radius 1 is 1.17 bits per heavy atom. The van der Waals surface area contributed by atoms with Crippen molar-refractivity contribution in [3.63, 3.8) is 0 Å². The van der Waals surface area contributed by atoms with E-state index in [2.05, 4.69) is 28.6 Å². The van der Waals surface area contributed by atoms with E-state index in [1.807, 2.05) is 28.8 Å². The van der Waals surface area contributed by atoms with Crippen LogP contribution in [-0.2, 0) is 9.53 Å². The van der Waals surface area contributed by atoms with Gasteiger partial charge in [-0.05, 0) is 55.5 Å². The Hall–Kier alpha value is -3.37. The lowest BCUT2D eigenvalue weighted by atomic mass is 10.0. The van der Waals surface area contributed by atoms with Crippen LogP contribution < -0.4 is 21.1 Å². The van der Waals surface area contributed by atoms with Crippen LogP contribution in [0.5, 0.6) is 0 Å². The molecule has 0 saturated carbocycles. The van der Waals surface area contributed by atoms with Gasteiger partial charge in [0.25, 0.3) is 5.56 Å². The fourth-order valence-electron chi connectivity index (χ4n) is 5.24. The van der Waals surface area contributed by atoms with Crippen LogP contribution in [-0.4, -0.2) is 46.5 Å². The maximum atomic E-state index is 12.5. The van der Waals surface area contributed by atoms with E-state index < -0.39 is 6.09 Å². The Balaban J connectivity index is 1.07. The van der Waals surface area contributed by atoms with Gasteiger partial charge in [-0.25, -0.2) is 9.78 Å². The van der Waals surface area contributed by atoms with Crippen molar-refractivity contribution in [1.82, 2.24) is 14.9 Å². The van der Waals surface area contributed by atoms with Crippen molar-refractivity contribution in [2.75, 3.05) is 29.1 Å². The van der Waals surface area contributed by atoms with E-state index in [1.54, 1.807) is 12.1 Å². The summed E-state index contributed by atoms with van der Waals surface area (Å²) < 4.78 is 7.46. The molecule has 0 aliphatic carbocycles. The zero-order chi connectivity index (χ0) is 24.1. The minimum atomic E-state index is -0.420. The molecule has 3 atom stereocenters. The fraction of sp³-hybridized carbons (Fsp3) is 0.360. The summed E-state index contributed by atoms with van der Waals surface area (Å²) in [6.45, 7) is 3.23. The second-order valence-corrected chi connectivity index (χ2v) is 10.1. The molecule has 1 fully saturated rings. The van der Waals surface area contributed by atoms with Crippen molar-refractivity contribution in [1.29, 1.82) is 0 Å². The molecule has 6 rings (SSSR count). The summed E-state index contributed by atoms with van der Waals surface area (Å²) in [5.41, 5.74) is 2.18. The van der Waals surface area contributed by atoms with Gasteiger partial charge in [0.15, 0.2) is 0 Å². The molecule has 3 aliphatic rings. The number of fused-ring (bicyclic) bond motifs is 1. The highest BCUT2D eigenvalue weighted by Gasteiger charge is 2.34. The number of hydrogen-bond acceptors (Lipinski definition) is 7. The van der Waals surface area contributed by atoms with Crippen LogP contribution in [0.4, 0.5) is 16.4 Å². The standard InChI is InChI=1S/C25H25N5O4S/c1-14-22(17-6-2-4-15-7-10-21(32)30(14)23(15)17)26-11-3-5-16-12-29(25(33)34-16)19-9-8-18-24(27-19)28-20(31)13-35-18/h2,4,6-10,14,16,22,26H,3,5,11-13H2,1H3,(H,27,28,31)/t14-,16-,22-/m0/s1. The van der Waals surface area contributed by atoms with Crippen LogP contribution in [0, 0.1) is 0 Å². The van der Waals surface area contributed by atoms with E-state index in [0.717, 1.165) is 34.3 Å². The van der Waals surface area contributed by atoms with Crippen molar-refractivity contribution in [3.05, 3.63) is 58.4 Å². The number of hydrogen-bond donors (Lipinski definition) is 2. The molecule has 9 nitrogen and oxygen atoms in total. The number of rotatable bonds is 6. The number of benzene rings is 1. The molecule has 35 heavy (non-hydrogen) atoms. The first-order chi connectivity index (χ1) is 17.0. The van der Waals surface area contributed by atoms with Gasteiger partial charge < -0.3 is 19.9 Å². The average Bonchev–Trinajstić information content (AvgIpc) is 3.36. The van der Waals surface area contributed by atoms with Crippen molar-refractivity contribution >= 4 is 46.3 Å². The summed E-state index contributed by atoms with van der Waals surface area (Å²) >= 11 is 1.43. The monoisotopic (exact) mass is 491 g/mol.